The van der Waals surface area contributed by atoms with Crippen LogP contribution < -0.4 is 10.5 Å². The lowest BCUT2D eigenvalue weighted by molar-refractivity contribution is 0.578. The molecule has 14 heavy (non-hydrogen) atoms. The molecule has 0 bridgehead atoms. The summed E-state index contributed by atoms with van der Waals surface area (Å²) < 4.78 is 37.8. The second-order valence-corrected chi connectivity index (χ2v) is 4.41. The van der Waals surface area contributed by atoms with Crippen molar-refractivity contribution in [2.24, 2.45) is 5.73 Å². The van der Waals surface area contributed by atoms with Crippen molar-refractivity contribution in [1.29, 1.82) is 0 Å². The van der Waals surface area contributed by atoms with Gasteiger partial charge in [0.1, 0.15) is 5.82 Å². The summed E-state index contributed by atoms with van der Waals surface area (Å²) in [5.41, 5.74) is 5.14. The van der Waals surface area contributed by atoms with Crippen molar-refractivity contribution in [1.82, 2.24) is 4.72 Å². The van der Waals surface area contributed by atoms with Crippen LogP contribution in [0.2, 0.25) is 0 Å². The first kappa shape index (κ1) is 11.1. The molecule has 0 saturated heterocycles. The highest BCUT2D eigenvalue weighted by molar-refractivity contribution is 7.89. The van der Waals surface area contributed by atoms with Gasteiger partial charge in [-0.3, -0.25) is 0 Å². The average molecular weight is 218 g/mol. The molecule has 0 aliphatic carbocycles. The number of hydrogen-bond acceptors (Lipinski definition) is 3. The van der Waals surface area contributed by atoms with E-state index in [0.717, 1.165) is 6.07 Å². The Morgan fingerprint density at radius 2 is 2.14 bits per heavy atom. The Morgan fingerprint density at radius 3 is 2.71 bits per heavy atom. The Labute approximate surface area is 82.0 Å². The quantitative estimate of drug-likeness (QED) is 0.750. The molecule has 0 saturated carbocycles. The summed E-state index contributed by atoms with van der Waals surface area (Å²) in [4.78, 5) is -0.0917. The highest BCUT2D eigenvalue weighted by Gasteiger charge is 2.12. The Balaban J connectivity index is 2.93. The molecule has 1 rings (SSSR count). The van der Waals surface area contributed by atoms with Gasteiger partial charge in [-0.15, -0.1) is 0 Å². The van der Waals surface area contributed by atoms with Gasteiger partial charge in [0, 0.05) is 13.1 Å². The smallest absolute Gasteiger partial charge is 0.240 e. The van der Waals surface area contributed by atoms with Gasteiger partial charge in [0.05, 0.1) is 4.90 Å². The molecule has 0 amide bonds. The molecule has 1 aromatic carbocycles. The third-order valence-electron chi connectivity index (χ3n) is 1.54. The van der Waals surface area contributed by atoms with E-state index in [0.29, 0.717) is 0 Å². The predicted molar refractivity (Wildman–Crippen MR) is 50.6 cm³/mol. The van der Waals surface area contributed by atoms with Gasteiger partial charge in [0.2, 0.25) is 10.0 Å². The molecule has 0 spiro atoms. The second-order valence-electron chi connectivity index (χ2n) is 2.64. The van der Waals surface area contributed by atoms with E-state index in [4.69, 9.17) is 5.73 Å². The van der Waals surface area contributed by atoms with Gasteiger partial charge < -0.3 is 5.73 Å². The second kappa shape index (κ2) is 4.50. The van der Waals surface area contributed by atoms with Crippen LogP contribution in [-0.2, 0) is 10.0 Å². The lowest BCUT2D eigenvalue weighted by Gasteiger charge is -2.04. The van der Waals surface area contributed by atoms with Gasteiger partial charge in [-0.05, 0) is 18.2 Å². The summed E-state index contributed by atoms with van der Waals surface area (Å²) in [6.45, 7) is 0.341. The molecule has 78 valence electrons. The fourth-order valence-corrected chi connectivity index (χ4v) is 1.99. The van der Waals surface area contributed by atoms with Crippen LogP contribution in [0.25, 0.3) is 0 Å². The monoisotopic (exact) mass is 218 g/mol. The first-order chi connectivity index (χ1) is 6.56. The predicted octanol–water partition coefficient (Wildman–Crippen LogP) is 0.0627. The summed E-state index contributed by atoms with van der Waals surface area (Å²) in [5, 5.41) is 0. The summed E-state index contributed by atoms with van der Waals surface area (Å²) in [6, 6.07) is 4.80. The van der Waals surface area contributed by atoms with E-state index in [2.05, 4.69) is 4.72 Å². The fourth-order valence-electron chi connectivity index (χ4n) is 0.911. The highest BCUT2D eigenvalue weighted by atomic mass is 32.2. The fraction of sp³-hybridized carbons (Fsp3) is 0.250. The van der Waals surface area contributed by atoms with E-state index in [1.165, 1.54) is 18.2 Å². The van der Waals surface area contributed by atoms with Crippen LogP contribution in [0.3, 0.4) is 0 Å². The molecule has 0 aliphatic heterocycles. The molecule has 0 fully saturated rings. The van der Waals surface area contributed by atoms with Crippen LogP contribution in [-0.4, -0.2) is 21.5 Å². The van der Waals surface area contributed by atoms with Crippen molar-refractivity contribution in [3.8, 4) is 0 Å². The van der Waals surface area contributed by atoms with Crippen LogP contribution in [0.5, 0.6) is 0 Å². The number of rotatable bonds is 4. The van der Waals surface area contributed by atoms with Crippen LogP contribution in [0, 0.1) is 5.82 Å². The molecule has 6 heteroatoms. The van der Waals surface area contributed by atoms with Crippen molar-refractivity contribution < 1.29 is 12.8 Å². The number of nitrogens with two attached hydrogens (primary N) is 1. The van der Waals surface area contributed by atoms with Gasteiger partial charge in [-0.1, -0.05) is 6.07 Å². The Hall–Kier alpha value is -0.980. The maximum absolute atomic E-state index is 12.7. The van der Waals surface area contributed by atoms with Gasteiger partial charge >= 0.3 is 0 Å². The number of nitrogens with one attached hydrogen (secondary N) is 1. The Bertz CT molecular complexity index is 406. The summed E-state index contributed by atoms with van der Waals surface area (Å²) in [6.07, 6.45) is 0. The molecule has 0 aromatic heterocycles. The maximum atomic E-state index is 12.7. The van der Waals surface area contributed by atoms with Gasteiger partial charge in [-0.2, -0.15) is 0 Å². The van der Waals surface area contributed by atoms with Crippen LogP contribution in [0.15, 0.2) is 29.2 Å². The maximum Gasteiger partial charge on any atom is 0.240 e. The average Bonchev–Trinajstić information content (AvgIpc) is 2.15. The number of sulfonamides is 1. The summed E-state index contributed by atoms with van der Waals surface area (Å²) in [7, 11) is -3.61. The first-order valence-electron chi connectivity index (χ1n) is 4.01. The highest BCUT2D eigenvalue weighted by Crippen LogP contribution is 2.09. The molecule has 0 unspecified atom stereocenters. The topological polar surface area (TPSA) is 72.2 Å². The normalized spacial score (nSPS) is 11.6. The van der Waals surface area contributed by atoms with Crippen molar-refractivity contribution in [2.75, 3.05) is 13.1 Å². The molecule has 0 heterocycles. The van der Waals surface area contributed by atoms with Crippen molar-refractivity contribution >= 4 is 10.0 Å². The van der Waals surface area contributed by atoms with Gasteiger partial charge in [0.25, 0.3) is 0 Å². The third kappa shape index (κ3) is 2.76. The molecule has 4 nitrogen and oxygen atoms in total. The third-order valence-corrected chi connectivity index (χ3v) is 3.00. The zero-order chi connectivity index (χ0) is 10.6. The Morgan fingerprint density at radius 1 is 1.43 bits per heavy atom. The number of halogens is 1. The molecule has 0 radical (unpaired) electrons. The lowest BCUT2D eigenvalue weighted by Crippen LogP contribution is -2.29. The molecule has 3 N–H and O–H groups in total. The van der Waals surface area contributed by atoms with Crippen LogP contribution in [0.1, 0.15) is 0 Å². The van der Waals surface area contributed by atoms with E-state index in [-0.39, 0.29) is 18.0 Å². The first-order valence-corrected chi connectivity index (χ1v) is 5.50. The van der Waals surface area contributed by atoms with Gasteiger partial charge in [-0.25, -0.2) is 17.5 Å². The minimum Gasteiger partial charge on any atom is -0.329 e. The van der Waals surface area contributed by atoms with E-state index in [9.17, 15) is 12.8 Å². The van der Waals surface area contributed by atoms with E-state index in [1.54, 1.807) is 0 Å². The minimum absolute atomic E-state index is 0.0917. The van der Waals surface area contributed by atoms with E-state index < -0.39 is 15.8 Å². The van der Waals surface area contributed by atoms with E-state index in [1.807, 2.05) is 0 Å². The van der Waals surface area contributed by atoms with Crippen molar-refractivity contribution in [3.63, 3.8) is 0 Å². The largest absolute Gasteiger partial charge is 0.329 e. The van der Waals surface area contributed by atoms with Gasteiger partial charge in [0.15, 0.2) is 0 Å². The molecular formula is C8H11FN2O2S. The molecule has 1 aromatic rings. The van der Waals surface area contributed by atoms with E-state index >= 15 is 0 Å². The minimum atomic E-state index is -3.61. The standard InChI is InChI=1S/C8H11FN2O2S/c9-7-2-1-3-8(6-7)14(12,13)11-5-4-10/h1-3,6,11H,4-5,10H2. The van der Waals surface area contributed by atoms with Crippen LogP contribution >= 0.6 is 0 Å². The molecule has 0 aliphatic rings. The van der Waals surface area contributed by atoms with Crippen molar-refractivity contribution in [3.05, 3.63) is 30.1 Å². The zero-order valence-corrected chi connectivity index (χ0v) is 8.22. The SMILES string of the molecule is NCCNS(=O)(=O)c1cccc(F)c1. The summed E-state index contributed by atoms with van der Waals surface area (Å²) in [5.74, 6) is -0.583. The lowest BCUT2D eigenvalue weighted by atomic mass is 10.4. The number of hydrogen-bond donors (Lipinski definition) is 2. The molecular weight excluding hydrogens is 207 g/mol. The van der Waals surface area contributed by atoms with Crippen LogP contribution in [0.4, 0.5) is 4.39 Å². The zero-order valence-electron chi connectivity index (χ0n) is 7.40. The summed E-state index contributed by atoms with van der Waals surface area (Å²) >= 11 is 0. The Kier molecular flexibility index (Phi) is 3.56. The van der Waals surface area contributed by atoms with Crippen molar-refractivity contribution in [2.45, 2.75) is 4.90 Å². The molecule has 0 atom stereocenters. The number of benzene rings is 1.